The molecule has 2 atom stereocenters. The zero-order chi connectivity index (χ0) is 26.5. The van der Waals surface area contributed by atoms with Gasteiger partial charge in [0.05, 0.1) is 17.4 Å². The van der Waals surface area contributed by atoms with Crippen molar-refractivity contribution in [2.24, 2.45) is 5.92 Å². The van der Waals surface area contributed by atoms with E-state index in [2.05, 4.69) is 71.7 Å². The van der Waals surface area contributed by atoms with E-state index in [9.17, 15) is 5.11 Å². The number of nitrogens with zero attached hydrogens (tertiary/aromatic N) is 3. The van der Waals surface area contributed by atoms with Gasteiger partial charge in [0, 0.05) is 30.4 Å². The van der Waals surface area contributed by atoms with Crippen molar-refractivity contribution in [2.45, 2.75) is 58.6 Å². The molecule has 0 unspecified atom stereocenters. The smallest absolute Gasteiger partial charge is 0.228 e. The fourth-order valence-corrected chi connectivity index (χ4v) is 4.99. The lowest BCUT2D eigenvalue weighted by molar-refractivity contribution is 0.116. The van der Waals surface area contributed by atoms with Gasteiger partial charge in [-0.3, -0.25) is 0 Å². The normalized spacial score (nSPS) is 16.5. The number of ether oxygens (including phenoxy) is 1. The van der Waals surface area contributed by atoms with E-state index >= 15 is 0 Å². The molecule has 198 valence electrons. The third kappa shape index (κ3) is 5.95. The van der Waals surface area contributed by atoms with Gasteiger partial charge < -0.3 is 20.5 Å². The molecule has 3 N–H and O–H groups in total. The quantitative estimate of drug-likeness (QED) is 0.257. The fraction of sp³-hybridized carbons (Fsp3) is 0.387. The van der Waals surface area contributed by atoms with E-state index < -0.39 is 0 Å². The Bertz CT molecular complexity index is 1380. The molecule has 1 fully saturated rings. The van der Waals surface area contributed by atoms with Crippen LogP contribution in [0.25, 0.3) is 22.0 Å². The van der Waals surface area contributed by atoms with E-state index in [1.54, 1.807) is 12.4 Å². The number of nitrogens with one attached hydrogen (secondary N) is 2. The summed E-state index contributed by atoms with van der Waals surface area (Å²) in [7, 11) is 0. The molecule has 7 nitrogen and oxygen atoms in total. The number of rotatable bonds is 9. The molecule has 5 rings (SSSR count). The second kappa shape index (κ2) is 11.9. The number of aryl methyl sites for hydroxylation is 2. The van der Waals surface area contributed by atoms with Gasteiger partial charge >= 0.3 is 0 Å². The Kier molecular flexibility index (Phi) is 8.15. The van der Waals surface area contributed by atoms with Crippen molar-refractivity contribution in [2.75, 3.05) is 18.4 Å². The molecule has 0 amide bonds. The summed E-state index contributed by atoms with van der Waals surface area (Å²) >= 11 is 0. The molecule has 0 spiro atoms. The zero-order valence-electron chi connectivity index (χ0n) is 22.4. The third-order valence-electron chi connectivity index (χ3n) is 7.31. The molecule has 0 aliphatic carbocycles. The van der Waals surface area contributed by atoms with Crippen LogP contribution in [0.2, 0.25) is 0 Å². The number of benzene rings is 2. The minimum absolute atomic E-state index is 0.241. The molecule has 0 bridgehead atoms. The molecular weight excluding hydrogens is 474 g/mol. The first-order chi connectivity index (χ1) is 18.5. The van der Waals surface area contributed by atoms with Crippen molar-refractivity contribution >= 4 is 16.7 Å². The Morgan fingerprint density at radius 1 is 1.05 bits per heavy atom. The molecule has 1 aliphatic heterocycles. The zero-order valence-corrected chi connectivity index (χ0v) is 22.4. The van der Waals surface area contributed by atoms with Crippen LogP contribution in [0.1, 0.15) is 44.2 Å². The van der Waals surface area contributed by atoms with Gasteiger partial charge in [-0.1, -0.05) is 44.2 Å². The van der Waals surface area contributed by atoms with Crippen molar-refractivity contribution in [1.82, 2.24) is 20.3 Å². The Labute approximate surface area is 224 Å². The van der Waals surface area contributed by atoms with Crippen LogP contribution in [0.5, 0.6) is 11.6 Å². The molecule has 2 aromatic heterocycles. The molecule has 0 saturated carbocycles. The van der Waals surface area contributed by atoms with E-state index in [-0.39, 0.29) is 12.0 Å². The summed E-state index contributed by atoms with van der Waals surface area (Å²) in [5.74, 6) is 2.15. The molecule has 4 aromatic rings. The van der Waals surface area contributed by atoms with Crippen molar-refractivity contribution < 1.29 is 9.84 Å². The topological polar surface area (TPSA) is 92.2 Å². The van der Waals surface area contributed by atoms with Gasteiger partial charge in [-0.15, -0.1) is 0 Å². The highest BCUT2D eigenvalue weighted by molar-refractivity contribution is 5.92. The lowest BCUT2D eigenvalue weighted by Gasteiger charge is -2.23. The van der Waals surface area contributed by atoms with Gasteiger partial charge in [0.2, 0.25) is 11.8 Å². The lowest BCUT2D eigenvalue weighted by atomic mass is 9.95. The molecule has 38 heavy (non-hydrogen) atoms. The number of aliphatic hydroxyl groups excluding tert-OH is 1. The van der Waals surface area contributed by atoms with Crippen LogP contribution < -0.4 is 15.4 Å². The fourth-order valence-electron chi connectivity index (χ4n) is 4.99. The summed E-state index contributed by atoms with van der Waals surface area (Å²) in [5, 5.41) is 19.4. The van der Waals surface area contributed by atoms with Crippen molar-refractivity contribution in [3.63, 3.8) is 0 Å². The number of piperidine rings is 1. The molecule has 3 heterocycles. The summed E-state index contributed by atoms with van der Waals surface area (Å²) in [6.45, 7) is 8.13. The highest BCUT2D eigenvalue weighted by Crippen LogP contribution is 2.37. The maximum absolute atomic E-state index is 10.4. The Balaban J connectivity index is 1.45. The Morgan fingerprint density at radius 2 is 1.95 bits per heavy atom. The van der Waals surface area contributed by atoms with Gasteiger partial charge in [0.1, 0.15) is 5.75 Å². The number of anilines is 1. The second-order valence-corrected chi connectivity index (χ2v) is 10.5. The minimum atomic E-state index is -0.316. The highest BCUT2D eigenvalue weighted by Gasteiger charge is 2.18. The molecule has 2 aromatic carbocycles. The summed E-state index contributed by atoms with van der Waals surface area (Å²) in [4.78, 5) is 13.8. The van der Waals surface area contributed by atoms with Crippen molar-refractivity contribution in [1.29, 1.82) is 0 Å². The molecule has 1 aliphatic rings. The Morgan fingerprint density at radius 3 is 2.76 bits per heavy atom. The number of aromatic nitrogens is 3. The summed E-state index contributed by atoms with van der Waals surface area (Å²) in [6, 6.07) is 16.6. The standard InChI is InChI=1S/C31H37N5O2/c1-20(2)28(37)14-12-22-7-4-9-25-24(22)13-11-21(3)29(25)38-30-26(10-6-17-33-30)27-15-18-34-31(36-27)35-23-8-5-16-32-19-23/h4,6-7,9-11,13,15,17-18,20,23,28,32,37H,5,8,12,14,16,19H2,1-3H3,(H,34,35,36)/t23-,28-/m0/s1. The SMILES string of the molecule is Cc1ccc2c(CC[C@H](O)C(C)C)cccc2c1Oc1ncccc1-c1ccnc(N[C@H]2CCCNC2)n1. The van der Waals surface area contributed by atoms with Gasteiger partial charge in [0.25, 0.3) is 0 Å². The maximum atomic E-state index is 10.4. The molecule has 1 saturated heterocycles. The number of aliphatic hydroxyl groups is 1. The Hall–Kier alpha value is -3.55. The van der Waals surface area contributed by atoms with Crippen LogP contribution >= 0.6 is 0 Å². The number of pyridine rings is 1. The van der Waals surface area contributed by atoms with E-state index in [1.165, 1.54) is 5.56 Å². The number of hydrogen-bond acceptors (Lipinski definition) is 7. The van der Waals surface area contributed by atoms with Crippen LogP contribution in [0.15, 0.2) is 60.9 Å². The molecule has 0 radical (unpaired) electrons. The first-order valence-corrected chi connectivity index (χ1v) is 13.6. The number of hydrogen-bond donors (Lipinski definition) is 3. The van der Waals surface area contributed by atoms with Crippen LogP contribution in [0.4, 0.5) is 5.95 Å². The van der Waals surface area contributed by atoms with E-state index in [0.29, 0.717) is 17.9 Å². The summed E-state index contributed by atoms with van der Waals surface area (Å²) in [6.07, 6.45) is 6.98. The monoisotopic (exact) mass is 511 g/mol. The minimum Gasteiger partial charge on any atom is -0.437 e. The second-order valence-electron chi connectivity index (χ2n) is 10.5. The predicted molar refractivity (Wildman–Crippen MR) is 153 cm³/mol. The van der Waals surface area contributed by atoms with E-state index in [0.717, 1.165) is 72.1 Å². The summed E-state index contributed by atoms with van der Waals surface area (Å²) in [5.41, 5.74) is 3.81. The van der Waals surface area contributed by atoms with E-state index in [4.69, 9.17) is 9.72 Å². The maximum Gasteiger partial charge on any atom is 0.228 e. The van der Waals surface area contributed by atoms with Gasteiger partial charge in [-0.2, -0.15) is 0 Å². The molecule has 7 heteroatoms. The van der Waals surface area contributed by atoms with Crippen LogP contribution in [-0.2, 0) is 6.42 Å². The van der Waals surface area contributed by atoms with Crippen LogP contribution in [-0.4, -0.2) is 45.3 Å². The highest BCUT2D eigenvalue weighted by atomic mass is 16.5. The largest absolute Gasteiger partial charge is 0.437 e. The average molecular weight is 512 g/mol. The molecular formula is C31H37N5O2. The summed E-state index contributed by atoms with van der Waals surface area (Å²) < 4.78 is 6.57. The van der Waals surface area contributed by atoms with Gasteiger partial charge in [-0.05, 0) is 79.8 Å². The predicted octanol–water partition coefficient (Wildman–Crippen LogP) is 5.91. The van der Waals surface area contributed by atoms with Crippen molar-refractivity contribution in [3.8, 4) is 22.9 Å². The van der Waals surface area contributed by atoms with Crippen LogP contribution in [0.3, 0.4) is 0 Å². The number of fused-ring (bicyclic) bond motifs is 1. The van der Waals surface area contributed by atoms with E-state index in [1.807, 2.05) is 18.2 Å². The first-order valence-electron chi connectivity index (χ1n) is 13.6. The van der Waals surface area contributed by atoms with Gasteiger partial charge in [0.15, 0.2) is 0 Å². The van der Waals surface area contributed by atoms with Gasteiger partial charge in [-0.25, -0.2) is 15.0 Å². The third-order valence-corrected chi connectivity index (χ3v) is 7.31. The lowest BCUT2D eigenvalue weighted by Crippen LogP contribution is -2.38. The first kappa shape index (κ1) is 26.1. The van der Waals surface area contributed by atoms with Crippen LogP contribution in [0, 0.1) is 12.8 Å². The van der Waals surface area contributed by atoms with Crippen molar-refractivity contribution in [3.05, 3.63) is 72.1 Å². The average Bonchev–Trinajstić information content (AvgIpc) is 2.94.